The van der Waals surface area contributed by atoms with Crippen molar-refractivity contribution in [2.45, 2.75) is 0 Å². The maximum absolute atomic E-state index is 12.6. The highest BCUT2D eigenvalue weighted by molar-refractivity contribution is 5.37. The lowest BCUT2D eigenvalue weighted by Crippen LogP contribution is -2.23. The third-order valence-electron chi connectivity index (χ3n) is 1.95. The van der Waals surface area contributed by atoms with Gasteiger partial charge in [0, 0.05) is 0 Å². The Kier molecular flexibility index (Phi) is 2.21. The molecule has 0 saturated heterocycles. The van der Waals surface area contributed by atoms with Crippen LogP contribution in [0.5, 0.6) is 0 Å². The van der Waals surface area contributed by atoms with Gasteiger partial charge in [-0.2, -0.15) is 9.78 Å². The van der Waals surface area contributed by atoms with Gasteiger partial charge in [0.15, 0.2) is 0 Å². The molecule has 0 fully saturated rings. The summed E-state index contributed by atoms with van der Waals surface area (Å²) in [7, 11) is 0. The number of benzene rings is 1. The van der Waals surface area contributed by atoms with E-state index >= 15 is 0 Å². The summed E-state index contributed by atoms with van der Waals surface area (Å²) >= 11 is 0. The van der Waals surface area contributed by atoms with Crippen LogP contribution in [-0.2, 0) is 0 Å². The van der Waals surface area contributed by atoms with Gasteiger partial charge in [-0.25, -0.2) is 4.39 Å². The van der Waals surface area contributed by atoms with Crippen LogP contribution >= 0.6 is 0 Å². The Bertz CT molecular complexity index is 533. The quantitative estimate of drug-likeness (QED) is 0.754. The second kappa shape index (κ2) is 3.53. The highest BCUT2D eigenvalue weighted by atomic mass is 19.1. The van der Waals surface area contributed by atoms with Crippen molar-refractivity contribution >= 4 is 5.69 Å². The summed E-state index contributed by atoms with van der Waals surface area (Å²) in [5.74, 6) is -0.365. The molecule has 2 rings (SSSR count). The minimum absolute atomic E-state index is 0.106. The summed E-state index contributed by atoms with van der Waals surface area (Å²) in [6.07, 6.45) is 1.42. The second-order valence-corrected chi connectivity index (χ2v) is 2.98. The maximum Gasteiger partial charge on any atom is 0.294 e. The molecule has 4 nitrogen and oxygen atoms in total. The summed E-state index contributed by atoms with van der Waals surface area (Å²) in [4.78, 5) is 11.5. The molecule has 0 aliphatic rings. The largest absolute Gasteiger partial charge is 0.394 e. The lowest BCUT2D eigenvalue weighted by atomic mass is 10.3. The SMILES string of the molecule is Nc1ccnn(-c2ccc(F)cc2)c1=O. The predicted molar refractivity (Wildman–Crippen MR) is 54.2 cm³/mol. The summed E-state index contributed by atoms with van der Waals surface area (Å²) in [5.41, 5.74) is 5.61. The minimum Gasteiger partial charge on any atom is -0.394 e. The van der Waals surface area contributed by atoms with Crippen LogP contribution in [0, 0.1) is 5.82 Å². The van der Waals surface area contributed by atoms with Crippen LogP contribution in [0.3, 0.4) is 0 Å². The van der Waals surface area contributed by atoms with E-state index in [9.17, 15) is 9.18 Å². The Morgan fingerprint density at radius 3 is 2.53 bits per heavy atom. The topological polar surface area (TPSA) is 60.9 Å². The van der Waals surface area contributed by atoms with Gasteiger partial charge in [0.25, 0.3) is 5.56 Å². The van der Waals surface area contributed by atoms with Gasteiger partial charge in [0.05, 0.1) is 11.9 Å². The standard InChI is InChI=1S/C10H8FN3O/c11-7-1-3-8(4-2-7)14-10(15)9(12)5-6-13-14/h1-6H,12H2. The normalized spacial score (nSPS) is 10.2. The van der Waals surface area contributed by atoms with E-state index < -0.39 is 5.56 Å². The molecule has 15 heavy (non-hydrogen) atoms. The Balaban J connectivity index is 2.59. The van der Waals surface area contributed by atoms with Gasteiger partial charge in [-0.15, -0.1) is 0 Å². The Morgan fingerprint density at radius 2 is 1.87 bits per heavy atom. The van der Waals surface area contributed by atoms with Crippen LogP contribution in [0.1, 0.15) is 0 Å². The zero-order valence-electron chi connectivity index (χ0n) is 7.72. The molecule has 0 spiro atoms. The van der Waals surface area contributed by atoms with E-state index in [-0.39, 0.29) is 11.5 Å². The minimum atomic E-state index is -0.413. The first-order valence-electron chi connectivity index (χ1n) is 4.28. The molecule has 0 aliphatic heterocycles. The number of nitrogens with two attached hydrogens (primary N) is 1. The van der Waals surface area contributed by atoms with Crippen molar-refractivity contribution < 1.29 is 4.39 Å². The lowest BCUT2D eigenvalue weighted by molar-refractivity contribution is 0.626. The molecule has 0 bridgehead atoms. The first-order chi connectivity index (χ1) is 7.18. The van der Waals surface area contributed by atoms with Crippen LogP contribution in [0.15, 0.2) is 41.3 Å². The number of aromatic nitrogens is 2. The van der Waals surface area contributed by atoms with Crippen molar-refractivity contribution in [2.75, 3.05) is 5.73 Å². The number of rotatable bonds is 1. The predicted octanol–water partition coefficient (Wildman–Crippen LogP) is 0.954. The molecule has 0 unspecified atom stereocenters. The average molecular weight is 205 g/mol. The highest BCUT2D eigenvalue weighted by Crippen LogP contribution is 2.05. The number of nitrogen functional groups attached to an aromatic ring is 1. The van der Waals surface area contributed by atoms with Gasteiger partial charge in [-0.1, -0.05) is 0 Å². The van der Waals surface area contributed by atoms with E-state index in [0.29, 0.717) is 5.69 Å². The van der Waals surface area contributed by atoms with E-state index in [1.165, 1.54) is 36.5 Å². The number of hydrogen-bond acceptors (Lipinski definition) is 3. The Hall–Kier alpha value is -2.17. The van der Waals surface area contributed by atoms with Gasteiger partial charge in [-0.05, 0) is 30.3 Å². The van der Waals surface area contributed by atoms with E-state index in [1.807, 2.05) is 0 Å². The van der Waals surface area contributed by atoms with E-state index in [2.05, 4.69) is 5.10 Å². The molecule has 2 aromatic rings. The molecule has 1 aromatic heterocycles. The van der Waals surface area contributed by atoms with E-state index in [4.69, 9.17) is 5.73 Å². The maximum atomic E-state index is 12.6. The zero-order chi connectivity index (χ0) is 10.8. The van der Waals surface area contributed by atoms with Gasteiger partial charge < -0.3 is 5.73 Å². The first-order valence-corrected chi connectivity index (χ1v) is 4.28. The molecule has 2 N–H and O–H groups in total. The zero-order valence-corrected chi connectivity index (χ0v) is 7.72. The third kappa shape index (κ3) is 1.71. The van der Waals surface area contributed by atoms with E-state index in [0.717, 1.165) is 4.68 Å². The van der Waals surface area contributed by atoms with Crippen molar-refractivity contribution in [3.63, 3.8) is 0 Å². The van der Waals surface area contributed by atoms with E-state index in [1.54, 1.807) is 0 Å². The number of halogens is 1. The Labute approximate surface area is 84.8 Å². The summed E-state index contributed by atoms with van der Waals surface area (Å²) in [6.45, 7) is 0. The number of anilines is 1. The summed E-state index contributed by atoms with van der Waals surface area (Å²) in [6, 6.07) is 6.86. The molecule has 0 saturated carbocycles. The van der Waals surface area contributed by atoms with Gasteiger partial charge in [0.2, 0.25) is 0 Å². The molecule has 1 heterocycles. The molecule has 5 heteroatoms. The van der Waals surface area contributed by atoms with Crippen LogP contribution in [0.4, 0.5) is 10.1 Å². The summed E-state index contributed by atoms with van der Waals surface area (Å²) < 4.78 is 13.8. The van der Waals surface area contributed by atoms with Crippen molar-refractivity contribution in [1.82, 2.24) is 9.78 Å². The fourth-order valence-corrected chi connectivity index (χ4v) is 1.19. The number of nitrogens with zero attached hydrogens (tertiary/aromatic N) is 2. The first kappa shape index (κ1) is 9.39. The smallest absolute Gasteiger partial charge is 0.294 e. The monoisotopic (exact) mass is 205 g/mol. The van der Waals surface area contributed by atoms with Crippen LogP contribution in [-0.4, -0.2) is 9.78 Å². The number of hydrogen-bond donors (Lipinski definition) is 1. The van der Waals surface area contributed by atoms with Crippen LogP contribution in [0.2, 0.25) is 0 Å². The second-order valence-electron chi connectivity index (χ2n) is 2.98. The molecule has 0 radical (unpaired) electrons. The van der Waals surface area contributed by atoms with Gasteiger partial charge >= 0.3 is 0 Å². The highest BCUT2D eigenvalue weighted by Gasteiger charge is 2.02. The Morgan fingerprint density at radius 1 is 1.20 bits per heavy atom. The average Bonchev–Trinajstić information content (AvgIpc) is 2.24. The molecular weight excluding hydrogens is 197 g/mol. The summed E-state index contributed by atoms with van der Waals surface area (Å²) in [5, 5.41) is 3.84. The van der Waals surface area contributed by atoms with Gasteiger partial charge in [0.1, 0.15) is 11.5 Å². The molecule has 0 atom stereocenters. The van der Waals surface area contributed by atoms with Gasteiger partial charge in [-0.3, -0.25) is 4.79 Å². The molecule has 0 amide bonds. The fourth-order valence-electron chi connectivity index (χ4n) is 1.19. The van der Waals surface area contributed by atoms with Crippen molar-refractivity contribution in [1.29, 1.82) is 0 Å². The van der Waals surface area contributed by atoms with Crippen molar-refractivity contribution in [3.8, 4) is 5.69 Å². The fraction of sp³-hybridized carbons (Fsp3) is 0. The van der Waals surface area contributed by atoms with Crippen LogP contribution < -0.4 is 11.3 Å². The van der Waals surface area contributed by atoms with Crippen molar-refractivity contribution in [3.05, 3.63) is 52.7 Å². The van der Waals surface area contributed by atoms with Crippen molar-refractivity contribution in [2.24, 2.45) is 0 Å². The lowest BCUT2D eigenvalue weighted by Gasteiger charge is -2.03. The molecule has 0 aliphatic carbocycles. The van der Waals surface area contributed by atoms with Crippen LogP contribution in [0.25, 0.3) is 5.69 Å². The molecule has 1 aromatic carbocycles. The molecule has 76 valence electrons. The third-order valence-corrected chi connectivity index (χ3v) is 1.95. The molecular formula is C10H8FN3O.